The molecule has 11 heteroatoms. The fraction of sp³-hybridized carbons (Fsp3) is 0.500. The second kappa shape index (κ2) is 10.7. The van der Waals surface area contributed by atoms with Gasteiger partial charge in [0.2, 0.25) is 5.75 Å². The largest absolute Gasteiger partial charge is 1.00 e. The molecule has 0 aromatic carbocycles. The summed E-state index contributed by atoms with van der Waals surface area (Å²) in [4.78, 5) is 32.7. The Kier molecular flexibility index (Phi) is 8.14. The molecule has 0 aliphatic heterocycles. The van der Waals surface area contributed by atoms with Gasteiger partial charge in [0, 0.05) is 13.1 Å². The molecule has 0 spiro atoms. The molecule has 10 nitrogen and oxygen atoms in total. The molecule has 2 aliphatic carbocycles. The van der Waals surface area contributed by atoms with Gasteiger partial charge in [-0.1, -0.05) is 32.6 Å². The van der Waals surface area contributed by atoms with Gasteiger partial charge in [-0.3, -0.25) is 9.36 Å². The average Bonchev–Trinajstić information content (AvgIpc) is 3.21. The number of hydrogen-bond donors (Lipinski definition) is 1. The Balaban J connectivity index is 0.000000255. The molecule has 0 radical (unpaired) electrons. The van der Waals surface area contributed by atoms with Crippen LogP contribution in [0.15, 0.2) is 38.6 Å². The summed E-state index contributed by atoms with van der Waals surface area (Å²) in [6, 6.07) is 3.96. The number of nitrogens with one attached hydrogen (secondary N) is 1. The van der Waals surface area contributed by atoms with Crippen molar-refractivity contribution < 1.29 is 38.8 Å². The van der Waals surface area contributed by atoms with Crippen LogP contribution in [0.2, 0.25) is 0 Å². The summed E-state index contributed by atoms with van der Waals surface area (Å²) >= 11 is 0. The number of pyridine rings is 1. The molecule has 3 heterocycles. The topological polar surface area (TPSA) is 117 Å². The molecular formula is C22H27N6NaO4. The zero-order valence-corrected chi connectivity index (χ0v) is 21.5. The number of nitrogens with zero attached hydrogens (tertiary/aromatic N) is 5. The standard InChI is InChI=1S/C16H20N4O3.C6H7N2O.Na/c1-19-10-13(23-2)15(21)20(16(19)22)12-7-8-14(17-9-12)18-11-5-3-4-6-11;1-6(2-3-6)5-7-4-8-9-5;/h7-11H,3-6H2,1-2H3,(H,17,18);2-3H2,1H3;/q;-1;+1. The van der Waals surface area contributed by atoms with Crippen molar-refractivity contribution in [2.45, 2.75) is 56.9 Å². The number of aromatic nitrogens is 5. The molecule has 0 unspecified atom stereocenters. The van der Waals surface area contributed by atoms with Crippen molar-refractivity contribution in [1.29, 1.82) is 0 Å². The fourth-order valence-corrected chi connectivity index (χ4v) is 3.69. The molecule has 0 atom stereocenters. The summed E-state index contributed by atoms with van der Waals surface area (Å²) < 4.78 is 12.2. The third-order valence-electron chi connectivity index (χ3n) is 5.99. The first-order valence-electron chi connectivity index (χ1n) is 10.7. The van der Waals surface area contributed by atoms with Gasteiger partial charge < -0.3 is 19.6 Å². The molecule has 0 bridgehead atoms. The van der Waals surface area contributed by atoms with E-state index in [1.807, 2.05) is 0 Å². The van der Waals surface area contributed by atoms with E-state index in [1.54, 1.807) is 19.2 Å². The van der Waals surface area contributed by atoms with Gasteiger partial charge in [-0.2, -0.15) is 5.16 Å². The predicted octanol–water partition coefficient (Wildman–Crippen LogP) is -0.780. The Bertz CT molecular complexity index is 1160. The van der Waals surface area contributed by atoms with Crippen molar-refractivity contribution in [3.63, 3.8) is 0 Å². The van der Waals surface area contributed by atoms with Gasteiger partial charge in [-0.15, -0.1) is 0 Å². The normalized spacial score (nSPS) is 16.3. The number of aryl methyl sites for hydroxylation is 1. The van der Waals surface area contributed by atoms with Crippen LogP contribution in [-0.4, -0.2) is 37.4 Å². The molecule has 5 rings (SSSR count). The summed E-state index contributed by atoms with van der Waals surface area (Å²) in [6.07, 6.45) is 12.4. The molecular weight excluding hydrogens is 435 g/mol. The third kappa shape index (κ3) is 5.74. The maximum atomic E-state index is 12.3. The second-order valence-electron chi connectivity index (χ2n) is 8.52. The molecule has 1 N–H and O–H groups in total. The quantitative estimate of drug-likeness (QED) is 0.388. The first-order valence-corrected chi connectivity index (χ1v) is 10.7. The van der Waals surface area contributed by atoms with Crippen molar-refractivity contribution in [3.05, 3.63) is 57.6 Å². The first-order chi connectivity index (χ1) is 15.4. The predicted molar refractivity (Wildman–Crippen MR) is 117 cm³/mol. The maximum Gasteiger partial charge on any atom is 1.00 e. The van der Waals surface area contributed by atoms with Gasteiger partial charge in [0.25, 0.3) is 0 Å². The van der Waals surface area contributed by atoms with Gasteiger partial charge in [0.05, 0.1) is 31.1 Å². The summed E-state index contributed by atoms with van der Waals surface area (Å²) in [5, 5.41) is 6.79. The van der Waals surface area contributed by atoms with Crippen LogP contribution in [0.25, 0.3) is 5.69 Å². The van der Waals surface area contributed by atoms with E-state index in [-0.39, 0.29) is 40.7 Å². The first kappa shape index (κ1) is 25.2. The van der Waals surface area contributed by atoms with Crippen LogP contribution >= 0.6 is 0 Å². The second-order valence-corrected chi connectivity index (χ2v) is 8.52. The number of methoxy groups -OCH3 is 1. The number of hydrogen-bond acceptors (Lipinski definition) is 8. The minimum absolute atomic E-state index is 0. The number of anilines is 1. The molecule has 2 fully saturated rings. The van der Waals surface area contributed by atoms with E-state index in [4.69, 9.17) is 9.26 Å². The zero-order chi connectivity index (χ0) is 22.7. The van der Waals surface area contributed by atoms with E-state index in [2.05, 4.69) is 33.7 Å². The van der Waals surface area contributed by atoms with Crippen molar-refractivity contribution in [1.82, 2.24) is 24.3 Å². The SMILES string of the molecule is CC1(c2n[c-]no2)CC1.COc1cn(C)c(=O)n(-c2ccc(NC3CCCC3)nc2)c1=O.[Na+]. The van der Waals surface area contributed by atoms with Gasteiger partial charge in [0.1, 0.15) is 5.82 Å². The zero-order valence-electron chi connectivity index (χ0n) is 19.5. The Morgan fingerprint density at radius 2 is 1.97 bits per heavy atom. The van der Waals surface area contributed by atoms with Crippen LogP contribution < -0.4 is 50.9 Å². The third-order valence-corrected chi connectivity index (χ3v) is 5.99. The summed E-state index contributed by atoms with van der Waals surface area (Å²) in [7, 11) is 2.97. The van der Waals surface area contributed by atoms with Crippen molar-refractivity contribution in [2.24, 2.45) is 7.05 Å². The van der Waals surface area contributed by atoms with E-state index >= 15 is 0 Å². The van der Waals surface area contributed by atoms with E-state index < -0.39 is 11.2 Å². The minimum Gasteiger partial charge on any atom is -0.490 e. The monoisotopic (exact) mass is 462 g/mol. The van der Waals surface area contributed by atoms with Crippen LogP contribution in [0.1, 0.15) is 51.3 Å². The van der Waals surface area contributed by atoms with Gasteiger partial charge in [-0.25, -0.2) is 14.3 Å². The van der Waals surface area contributed by atoms with Crippen LogP contribution in [0.4, 0.5) is 5.82 Å². The van der Waals surface area contributed by atoms with E-state index in [0.29, 0.717) is 11.7 Å². The Hall–Kier alpha value is -2.43. The summed E-state index contributed by atoms with van der Waals surface area (Å²) in [5.41, 5.74) is -0.304. The summed E-state index contributed by atoms with van der Waals surface area (Å²) in [5.74, 6) is 1.61. The Labute approximate surface area is 213 Å². The van der Waals surface area contributed by atoms with Crippen molar-refractivity contribution in [2.75, 3.05) is 12.4 Å². The van der Waals surface area contributed by atoms with E-state index in [0.717, 1.165) is 29.1 Å². The van der Waals surface area contributed by atoms with Crippen molar-refractivity contribution in [3.8, 4) is 11.4 Å². The molecule has 3 aromatic rings. The van der Waals surface area contributed by atoms with E-state index in [1.165, 1.54) is 49.8 Å². The van der Waals surface area contributed by atoms with E-state index in [9.17, 15) is 9.59 Å². The molecule has 2 saturated carbocycles. The number of rotatable bonds is 5. The van der Waals surface area contributed by atoms with Crippen molar-refractivity contribution >= 4 is 5.82 Å². The smallest absolute Gasteiger partial charge is 0.490 e. The molecule has 3 aromatic heterocycles. The minimum atomic E-state index is -0.492. The number of ether oxygens (including phenoxy) is 1. The molecule has 0 saturated heterocycles. The molecule has 33 heavy (non-hydrogen) atoms. The average molecular weight is 462 g/mol. The fourth-order valence-electron chi connectivity index (χ4n) is 3.69. The summed E-state index contributed by atoms with van der Waals surface area (Å²) in [6.45, 7) is 2.12. The molecule has 0 amide bonds. The molecule has 170 valence electrons. The van der Waals surface area contributed by atoms with Gasteiger partial charge in [0.15, 0.2) is 0 Å². The van der Waals surface area contributed by atoms with Crippen LogP contribution in [0.5, 0.6) is 5.75 Å². The van der Waals surface area contributed by atoms with Crippen LogP contribution in [0, 0.1) is 6.33 Å². The van der Waals surface area contributed by atoms with Gasteiger partial charge >= 0.3 is 40.8 Å². The van der Waals surface area contributed by atoms with Gasteiger partial charge in [-0.05, 0) is 36.7 Å². The van der Waals surface area contributed by atoms with Crippen LogP contribution in [0.3, 0.4) is 0 Å². The Morgan fingerprint density at radius 1 is 1.24 bits per heavy atom. The maximum absolute atomic E-state index is 12.3. The Morgan fingerprint density at radius 3 is 2.52 bits per heavy atom. The van der Waals surface area contributed by atoms with Crippen LogP contribution in [-0.2, 0) is 12.5 Å². The molecule has 2 aliphatic rings.